The molecule has 1 amide bonds. The summed E-state index contributed by atoms with van der Waals surface area (Å²) in [7, 11) is 0. The first-order valence-corrected chi connectivity index (χ1v) is 7.52. The Bertz CT molecular complexity index is 970. The van der Waals surface area contributed by atoms with Gasteiger partial charge in [0.25, 0.3) is 5.91 Å². The van der Waals surface area contributed by atoms with E-state index in [0.717, 1.165) is 16.5 Å². The lowest BCUT2D eigenvalue weighted by Crippen LogP contribution is -2.13. The van der Waals surface area contributed by atoms with Crippen LogP contribution in [0.1, 0.15) is 33.2 Å². The van der Waals surface area contributed by atoms with Crippen LogP contribution in [-0.2, 0) is 0 Å². The molecule has 0 saturated heterocycles. The lowest BCUT2D eigenvalue weighted by molar-refractivity contribution is 0.0940. The fraction of sp³-hybridized carbons (Fsp3) is 0.105. The molecule has 1 aromatic carbocycles. The van der Waals surface area contributed by atoms with Crippen LogP contribution in [0.4, 0.5) is 5.69 Å². The second-order valence-electron chi connectivity index (χ2n) is 5.57. The summed E-state index contributed by atoms with van der Waals surface area (Å²) in [6.07, 6.45) is 4.96. The SMILES string of the molecule is C=Cc1ccc(C(=O)Nc2cnc3c(ccn3C(C)=O)c2)c(C)c1. The van der Waals surface area contributed by atoms with E-state index in [1.165, 1.54) is 11.5 Å². The number of nitrogens with zero attached hydrogens (tertiary/aromatic N) is 2. The topological polar surface area (TPSA) is 64.0 Å². The third kappa shape index (κ3) is 2.84. The number of pyridine rings is 1. The van der Waals surface area contributed by atoms with Crippen molar-refractivity contribution in [1.82, 2.24) is 9.55 Å². The van der Waals surface area contributed by atoms with Gasteiger partial charge in [0.15, 0.2) is 0 Å². The van der Waals surface area contributed by atoms with Crippen molar-refractivity contribution in [3.63, 3.8) is 0 Å². The Morgan fingerprint density at radius 3 is 2.71 bits per heavy atom. The van der Waals surface area contributed by atoms with Gasteiger partial charge in [-0.05, 0) is 36.2 Å². The summed E-state index contributed by atoms with van der Waals surface area (Å²) in [5.74, 6) is -0.303. The number of hydrogen-bond acceptors (Lipinski definition) is 3. The molecule has 0 atom stereocenters. The highest BCUT2D eigenvalue weighted by molar-refractivity contribution is 6.06. The van der Waals surface area contributed by atoms with Crippen LogP contribution in [0.5, 0.6) is 0 Å². The van der Waals surface area contributed by atoms with Crippen LogP contribution < -0.4 is 5.32 Å². The standard InChI is InChI=1S/C19H17N3O2/c1-4-14-5-6-17(12(2)9-14)19(24)21-16-10-15-7-8-22(13(3)23)18(15)20-11-16/h4-11H,1H2,2-3H3,(H,21,24). The molecule has 0 saturated carbocycles. The van der Waals surface area contributed by atoms with Gasteiger partial charge in [0.05, 0.1) is 11.9 Å². The van der Waals surface area contributed by atoms with E-state index < -0.39 is 0 Å². The number of hydrogen-bond donors (Lipinski definition) is 1. The first-order valence-electron chi connectivity index (χ1n) is 7.52. The summed E-state index contributed by atoms with van der Waals surface area (Å²) in [4.78, 5) is 28.2. The van der Waals surface area contributed by atoms with Gasteiger partial charge in [-0.1, -0.05) is 24.8 Å². The Labute approximate surface area is 139 Å². The van der Waals surface area contributed by atoms with Gasteiger partial charge in [-0.2, -0.15) is 0 Å². The van der Waals surface area contributed by atoms with Gasteiger partial charge >= 0.3 is 0 Å². The molecule has 1 N–H and O–H groups in total. The van der Waals surface area contributed by atoms with Crippen molar-refractivity contribution >= 4 is 34.6 Å². The van der Waals surface area contributed by atoms with E-state index in [2.05, 4.69) is 16.9 Å². The van der Waals surface area contributed by atoms with Crippen LogP contribution in [0.15, 0.2) is 49.3 Å². The number of benzene rings is 1. The van der Waals surface area contributed by atoms with Gasteiger partial charge in [0.2, 0.25) is 5.91 Å². The zero-order chi connectivity index (χ0) is 17.3. The first-order chi connectivity index (χ1) is 11.5. The van der Waals surface area contributed by atoms with E-state index in [0.29, 0.717) is 16.9 Å². The van der Waals surface area contributed by atoms with Crippen molar-refractivity contribution in [3.05, 3.63) is 66.0 Å². The average molecular weight is 319 g/mol. The highest BCUT2D eigenvalue weighted by Crippen LogP contribution is 2.19. The van der Waals surface area contributed by atoms with E-state index in [1.807, 2.05) is 19.1 Å². The fourth-order valence-electron chi connectivity index (χ4n) is 2.61. The van der Waals surface area contributed by atoms with Crippen molar-refractivity contribution in [2.75, 3.05) is 5.32 Å². The number of carbonyl (C=O) groups excluding carboxylic acids is 2. The molecule has 2 heterocycles. The highest BCUT2D eigenvalue weighted by atomic mass is 16.2. The number of nitrogens with one attached hydrogen (secondary N) is 1. The third-order valence-electron chi connectivity index (χ3n) is 3.85. The minimum atomic E-state index is -0.199. The van der Waals surface area contributed by atoms with Crippen molar-refractivity contribution in [1.29, 1.82) is 0 Å². The van der Waals surface area contributed by atoms with Crippen molar-refractivity contribution in [2.24, 2.45) is 0 Å². The summed E-state index contributed by atoms with van der Waals surface area (Å²) >= 11 is 0. The molecule has 120 valence electrons. The quantitative estimate of drug-likeness (QED) is 0.796. The summed E-state index contributed by atoms with van der Waals surface area (Å²) < 4.78 is 1.47. The zero-order valence-electron chi connectivity index (χ0n) is 13.5. The van der Waals surface area contributed by atoms with Gasteiger partial charge in [-0.25, -0.2) is 4.98 Å². The lowest BCUT2D eigenvalue weighted by Gasteiger charge is -2.09. The maximum Gasteiger partial charge on any atom is 0.255 e. The Hall–Kier alpha value is -3.21. The van der Waals surface area contributed by atoms with E-state index in [1.54, 1.807) is 36.7 Å². The molecule has 3 rings (SSSR count). The number of carbonyl (C=O) groups is 2. The van der Waals surface area contributed by atoms with Crippen molar-refractivity contribution in [3.8, 4) is 0 Å². The monoisotopic (exact) mass is 319 g/mol. The van der Waals surface area contributed by atoms with Crippen LogP contribution in [0.25, 0.3) is 17.1 Å². The van der Waals surface area contributed by atoms with Crippen LogP contribution in [-0.4, -0.2) is 21.4 Å². The minimum Gasteiger partial charge on any atom is -0.321 e. The summed E-state index contributed by atoms with van der Waals surface area (Å²) in [5.41, 5.74) is 3.61. The Balaban J connectivity index is 1.88. The summed E-state index contributed by atoms with van der Waals surface area (Å²) in [6, 6.07) is 9.14. The van der Waals surface area contributed by atoms with E-state index in [4.69, 9.17) is 0 Å². The fourth-order valence-corrected chi connectivity index (χ4v) is 2.61. The zero-order valence-corrected chi connectivity index (χ0v) is 13.5. The molecule has 0 bridgehead atoms. The first kappa shape index (κ1) is 15.7. The van der Waals surface area contributed by atoms with Gasteiger partial charge in [0.1, 0.15) is 5.65 Å². The lowest BCUT2D eigenvalue weighted by atomic mass is 10.0. The normalized spacial score (nSPS) is 10.6. The molecule has 24 heavy (non-hydrogen) atoms. The molecule has 0 aliphatic heterocycles. The number of aromatic nitrogens is 2. The molecule has 0 radical (unpaired) electrons. The van der Waals surface area contributed by atoms with Crippen LogP contribution >= 0.6 is 0 Å². The van der Waals surface area contributed by atoms with Crippen LogP contribution in [0, 0.1) is 6.92 Å². The Kier molecular flexibility index (Phi) is 4.00. The minimum absolute atomic E-state index is 0.104. The molecule has 0 spiro atoms. The Morgan fingerprint density at radius 1 is 1.25 bits per heavy atom. The Morgan fingerprint density at radius 2 is 2.04 bits per heavy atom. The number of fused-ring (bicyclic) bond motifs is 1. The molecule has 5 nitrogen and oxygen atoms in total. The van der Waals surface area contributed by atoms with Crippen LogP contribution in [0.2, 0.25) is 0 Å². The van der Waals surface area contributed by atoms with E-state index in [-0.39, 0.29) is 11.8 Å². The number of amides is 1. The average Bonchev–Trinajstić information content (AvgIpc) is 2.97. The maximum absolute atomic E-state index is 12.5. The summed E-state index contributed by atoms with van der Waals surface area (Å²) in [6.45, 7) is 7.09. The van der Waals surface area contributed by atoms with Gasteiger partial charge in [-0.15, -0.1) is 0 Å². The molecular weight excluding hydrogens is 302 g/mol. The molecule has 0 fully saturated rings. The predicted molar refractivity (Wildman–Crippen MR) is 95.3 cm³/mol. The number of anilines is 1. The maximum atomic E-state index is 12.5. The second-order valence-corrected chi connectivity index (χ2v) is 5.57. The largest absolute Gasteiger partial charge is 0.321 e. The molecule has 0 unspecified atom stereocenters. The molecule has 0 aliphatic rings. The van der Waals surface area contributed by atoms with Crippen molar-refractivity contribution in [2.45, 2.75) is 13.8 Å². The molecular formula is C19H17N3O2. The van der Waals surface area contributed by atoms with E-state index >= 15 is 0 Å². The number of rotatable bonds is 3. The molecule has 2 aromatic heterocycles. The van der Waals surface area contributed by atoms with E-state index in [9.17, 15) is 9.59 Å². The van der Waals surface area contributed by atoms with Gasteiger partial charge < -0.3 is 5.32 Å². The van der Waals surface area contributed by atoms with Gasteiger partial charge in [0, 0.05) is 24.1 Å². The van der Waals surface area contributed by atoms with Crippen molar-refractivity contribution < 1.29 is 9.59 Å². The molecule has 5 heteroatoms. The summed E-state index contributed by atoms with van der Waals surface area (Å²) in [5, 5.41) is 3.64. The van der Waals surface area contributed by atoms with Gasteiger partial charge in [-0.3, -0.25) is 14.2 Å². The second kappa shape index (κ2) is 6.12. The highest BCUT2D eigenvalue weighted by Gasteiger charge is 2.11. The van der Waals surface area contributed by atoms with Crippen LogP contribution in [0.3, 0.4) is 0 Å². The molecule has 3 aromatic rings. The smallest absolute Gasteiger partial charge is 0.255 e. The predicted octanol–water partition coefficient (Wildman–Crippen LogP) is 3.90. The third-order valence-corrected chi connectivity index (χ3v) is 3.85. The molecule has 0 aliphatic carbocycles. The number of aryl methyl sites for hydroxylation is 1.